The summed E-state index contributed by atoms with van der Waals surface area (Å²) in [6, 6.07) is 6.72. The first-order chi connectivity index (χ1) is 9.67. The number of methoxy groups -OCH3 is 1. The smallest absolute Gasteiger partial charge is 0.121 e. The second-order valence-electron chi connectivity index (χ2n) is 5.37. The van der Waals surface area contributed by atoms with Crippen LogP contribution in [0.15, 0.2) is 18.2 Å². The van der Waals surface area contributed by atoms with Crippen LogP contribution >= 0.6 is 0 Å². The molecule has 0 spiro atoms. The molecule has 20 heavy (non-hydrogen) atoms. The van der Waals surface area contributed by atoms with Gasteiger partial charge in [-0.1, -0.05) is 19.1 Å². The van der Waals surface area contributed by atoms with Crippen LogP contribution in [-0.2, 0) is 4.74 Å². The first-order valence-electron chi connectivity index (χ1n) is 7.34. The zero-order chi connectivity index (χ0) is 14.5. The summed E-state index contributed by atoms with van der Waals surface area (Å²) in [5.74, 6) is 0.941. The van der Waals surface area contributed by atoms with E-state index in [0.29, 0.717) is 6.04 Å². The van der Waals surface area contributed by atoms with Gasteiger partial charge in [0.15, 0.2) is 0 Å². The molecular formula is C16H26N2O2. The summed E-state index contributed by atoms with van der Waals surface area (Å²) in [6.07, 6.45) is 0.196. The summed E-state index contributed by atoms with van der Waals surface area (Å²) >= 11 is 0. The first-order valence-corrected chi connectivity index (χ1v) is 7.34. The van der Waals surface area contributed by atoms with E-state index in [1.54, 1.807) is 7.11 Å². The number of morpholine rings is 1. The zero-order valence-corrected chi connectivity index (χ0v) is 13.0. The predicted molar refractivity (Wildman–Crippen MR) is 81.4 cm³/mol. The maximum absolute atomic E-state index is 5.98. The quantitative estimate of drug-likeness (QED) is 0.893. The third kappa shape index (κ3) is 3.32. The number of hydrogen-bond donors (Lipinski definition) is 1. The van der Waals surface area contributed by atoms with Gasteiger partial charge in [0, 0.05) is 13.1 Å². The van der Waals surface area contributed by atoms with Crippen LogP contribution in [0.4, 0.5) is 0 Å². The number of hydrogen-bond acceptors (Lipinski definition) is 4. The van der Waals surface area contributed by atoms with Gasteiger partial charge in [-0.05, 0) is 37.7 Å². The average molecular weight is 278 g/mol. The molecule has 2 unspecified atom stereocenters. The standard InChI is InChI=1S/C16H26N2O2/c1-5-17-11-15-16(18(3)8-9-20-15)13-6-7-14(19-4)12(2)10-13/h6-7,10,15-17H,5,8-9,11H2,1-4H3. The highest BCUT2D eigenvalue weighted by Crippen LogP contribution is 2.31. The van der Waals surface area contributed by atoms with Crippen molar-refractivity contribution in [3.8, 4) is 5.75 Å². The van der Waals surface area contributed by atoms with Crippen molar-refractivity contribution < 1.29 is 9.47 Å². The van der Waals surface area contributed by atoms with Gasteiger partial charge in [-0.3, -0.25) is 4.90 Å². The van der Waals surface area contributed by atoms with E-state index in [1.165, 1.54) is 11.1 Å². The lowest BCUT2D eigenvalue weighted by molar-refractivity contribution is -0.0611. The van der Waals surface area contributed by atoms with E-state index in [1.807, 2.05) is 0 Å². The summed E-state index contributed by atoms with van der Waals surface area (Å²) in [7, 11) is 3.89. The minimum atomic E-state index is 0.196. The van der Waals surface area contributed by atoms with Gasteiger partial charge in [0.25, 0.3) is 0 Å². The highest BCUT2D eigenvalue weighted by molar-refractivity contribution is 5.38. The van der Waals surface area contributed by atoms with Gasteiger partial charge in [0.1, 0.15) is 5.75 Å². The van der Waals surface area contributed by atoms with Gasteiger partial charge in [-0.25, -0.2) is 0 Å². The number of benzene rings is 1. The molecule has 4 heteroatoms. The molecule has 1 fully saturated rings. The van der Waals surface area contributed by atoms with Crippen molar-refractivity contribution in [3.63, 3.8) is 0 Å². The minimum absolute atomic E-state index is 0.196. The van der Waals surface area contributed by atoms with Gasteiger partial charge in [-0.2, -0.15) is 0 Å². The Balaban J connectivity index is 2.22. The molecular weight excluding hydrogens is 252 g/mol. The highest BCUT2D eigenvalue weighted by atomic mass is 16.5. The Bertz CT molecular complexity index is 436. The minimum Gasteiger partial charge on any atom is -0.496 e. The van der Waals surface area contributed by atoms with E-state index < -0.39 is 0 Å². The van der Waals surface area contributed by atoms with Gasteiger partial charge >= 0.3 is 0 Å². The molecule has 1 N–H and O–H groups in total. The average Bonchev–Trinajstić information content (AvgIpc) is 2.45. The second-order valence-corrected chi connectivity index (χ2v) is 5.37. The molecule has 4 nitrogen and oxygen atoms in total. The van der Waals surface area contributed by atoms with Crippen LogP contribution in [0.2, 0.25) is 0 Å². The fraction of sp³-hybridized carbons (Fsp3) is 0.625. The Kier molecular flexibility index (Phi) is 5.40. The van der Waals surface area contributed by atoms with Gasteiger partial charge in [0.2, 0.25) is 0 Å². The number of nitrogens with zero attached hydrogens (tertiary/aromatic N) is 1. The van der Waals surface area contributed by atoms with Crippen molar-refractivity contribution in [3.05, 3.63) is 29.3 Å². The highest BCUT2D eigenvalue weighted by Gasteiger charge is 2.31. The van der Waals surface area contributed by atoms with Gasteiger partial charge < -0.3 is 14.8 Å². The van der Waals surface area contributed by atoms with Crippen molar-refractivity contribution in [1.29, 1.82) is 0 Å². The molecule has 0 amide bonds. The topological polar surface area (TPSA) is 33.7 Å². The molecule has 0 aliphatic carbocycles. The molecule has 2 rings (SSSR count). The van der Waals surface area contributed by atoms with E-state index in [4.69, 9.17) is 9.47 Å². The van der Waals surface area contributed by atoms with E-state index >= 15 is 0 Å². The fourth-order valence-corrected chi connectivity index (χ4v) is 2.87. The largest absolute Gasteiger partial charge is 0.496 e. The Labute approximate surface area is 122 Å². The number of aryl methyl sites for hydroxylation is 1. The van der Waals surface area contributed by atoms with Crippen LogP contribution in [0.1, 0.15) is 24.1 Å². The van der Waals surface area contributed by atoms with Crippen molar-refractivity contribution >= 4 is 0 Å². The van der Waals surface area contributed by atoms with Crippen molar-refractivity contribution in [2.75, 3.05) is 40.4 Å². The summed E-state index contributed by atoms with van der Waals surface area (Å²) in [6.45, 7) is 7.84. The Hall–Kier alpha value is -1.10. The third-order valence-corrected chi connectivity index (χ3v) is 3.96. The first kappa shape index (κ1) is 15.3. The molecule has 1 aromatic rings. The molecule has 0 bridgehead atoms. The van der Waals surface area contributed by atoms with E-state index in [2.05, 4.69) is 49.3 Å². The zero-order valence-electron chi connectivity index (χ0n) is 13.0. The molecule has 0 saturated carbocycles. The van der Waals surface area contributed by atoms with Gasteiger partial charge in [-0.15, -0.1) is 0 Å². The molecule has 1 aliphatic heterocycles. The van der Waals surface area contributed by atoms with Crippen molar-refractivity contribution in [2.45, 2.75) is 26.0 Å². The molecule has 1 heterocycles. The number of likely N-dealkylation sites (N-methyl/N-ethyl adjacent to an activating group) is 2. The number of rotatable bonds is 5. The maximum Gasteiger partial charge on any atom is 0.121 e. The van der Waals surface area contributed by atoms with Crippen molar-refractivity contribution in [2.24, 2.45) is 0 Å². The number of nitrogens with one attached hydrogen (secondary N) is 1. The lowest BCUT2D eigenvalue weighted by Gasteiger charge is -2.39. The Morgan fingerprint density at radius 2 is 2.25 bits per heavy atom. The predicted octanol–water partition coefficient (Wildman–Crippen LogP) is 1.98. The summed E-state index contributed by atoms with van der Waals surface area (Å²) in [5.41, 5.74) is 2.47. The van der Waals surface area contributed by atoms with Crippen LogP contribution in [0.25, 0.3) is 0 Å². The van der Waals surface area contributed by atoms with Crippen molar-refractivity contribution in [1.82, 2.24) is 10.2 Å². The SMILES string of the molecule is CCNCC1OCCN(C)C1c1ccc(OC)c(C)c1. The Morgan fingerprint density at radius 1 is 1.45 bits per heavy atom. The summed E-state index contributed by atoms with van der Waals surface area (Å²) in [4.78, 5) is 2.38. The van der Waals surface area contributed by atoms with Crippen LogP contribution < -0.4 is 10.1 Å². The molecule has 1 aromatic carbocycles. The summed E-state index contributed by atoms with van der Waals surface area (Å²) < 4.78 is 11.3. The number of ether oxygens (including phenoxy) is 2. The van der Waals surface area contributed by atoms with Crippen LogP contribution in [0, 0.1) is 6.92 Å². The molecule has 1 aliphatic rings. The normalized spacial score (nSPS) is 23.8. The fourth-order valence-electron chi connectivity index (χ4n) is 2.87. The van der Waals surface area contributed by atoms with Crippen LogP contribution in [0.5, 0.6) is 5.75 Å². The Morgan fingerprint density at radius 3 is 2.90 bits per heavy atom. The van der Waals surface area contributed by atoms with E-state index in [0.717, 1.165) is 32.0 Å². The van der Waals surface area contributed by atoms with Gasteiger partial charge in [0.05, 0.1) is 25.9 Å². The lowest BCUT2D eigenvalue weighted by atomic mass is 9.96. The molecule has 2 atom stereocenters. The molecule has 0 aromatic heterocycles. The third-order valence-electron chi connectivity index (χ3n) is 3.96. The van der Waals surface area contributed by atoms with Crippen LogP contribution in [-0.4, -0.2) is 51.4 Å². The molecule has 0 radical (unpaired) electrons. The maximum atomic E-state index is 5.98. The second kappa shape index (κ2) is 7.07. The van der Waals surface area contributed by atoms with E-state index in [-0.39, 0.29) is 6.10 Å². The van der Waals surface area contributed by atoms with E-state index in [9.17, 15) is 0 Å². The molecule has 1 saturated heterocycles. The van der Waals surface area contributed by atoms with Crippen LogP contribution in [0.3, 0.4) is 0 Å². The monoisotopic (exact) mass is 278 g/mol. The summed E-state index contributed by atoms with van der Waals surface area (Å²) in [5, 5.41) is 3.40. The lowest BCUT2D eigenvalue weighted by Crippen LogP contribution is -2.47. The molecule has 112 valence electrons.